The van der Waals surface area contributed by atoms with E-state index in [4.69, 9.17) is 0 Å². The Bertz CT molecular complexity index is 298. The second-order valence-electron chi connectivity index (χ2n) is 5.25. The molecule has 0 aromatic carbocycles. The number of aliphatic hydroxyl groups is 2. The van der Waals surface area contributed by atoms with E-state index in [1.165, 1.54) is 0 Å². The molecule has 4 N–H and O–H groups in total. The zero-order chi connectivity index (χ0) is 15.8. The zero-order valence-corrected chi connectivity index (χ0v) is 12.3. The van der Waals surface area contributed by atoms with Crippen LogP contribution in [0.1, 0.15) is 65.2 Å². The normalized spacial score (nSPS) is 17.2. The van der Waals surface area contributed by atoms with Gasteiger partial charge in [0.2, 0.25) is 11.2 Å². The van der Waals surface area contributed by atoms with Crippen molar-refractivity contribution >= 4 is 11.9 Å². The molecule has 0 unspecified atom stereocenters. The molecule has 0 radical (unpaired) electrons. The summed E-state index contributed by atoms with van der Waals surface area (Å²) >= 11 is 0. The minimum absolute atomic E-state index is 0.273. The Morgan fingerprint density at radius 1 is 0.750 bits per heavy atom. The molecule has 0 aliphatic rings. The van der Waals surface area contributed by atoms with Crippen molar-refractivity contribution in [2.45, 2.75) is 76.4 Å². The number of hydrogen-bond acceptors (Lipinski definition) is 4. The Morgan fingerprint density at radius 2 is 1.05 bits per heavy atom. The minimum atomic E-state index is -2.65. The van der Waals surface area contributed by atoms with Crippen LogP contribution in [0.3, 0.4) is 0 Å². The van der Waals surface area contributed by atoms with Crippen molar-refractivity contribution in [3.63, 3.8) is 0 Å². The molecule has 0 aromatic heterocycles. The van der Waals surface area contributed by atoms with E-state index in [0.717, 1.165) is 12.8 Å². The zero-order valence-electron chi connectivity index (χ0n) is 12.3. The summed E-state index contributed by atoms with van der Waals surface area (Å²) in [5, 5.41) is 38.9. The third-order valence-electron chi connectivity index (χ3n) is 3.68. The van der Waals surface area contributed by atoms with Crippen LogP contribution in [0.25, 0.3) is 0 Å². The van der Waals surface area contributed by atoms with E-state index in [2.05, 4.69) is 0 Å². The first-order valence-electron chi connectivity index (χ1n) is 7.17. The van der Waals surface area contributed by atoms with E-state index in [1.807, 2.05) is 13.8 Å². The molecular weight excluding hydrogens is 264 g/mol. The molecule has 0 spiro atoms. The summed E-state index contributed by atoms with van der Waals surface area (Å²) in [6, 6.07) is 0. The summed E-state index contributed by atoms with van der Waals surface area (Å²) < 4.78 is 0. The van der Waals surface area contributed by atoms with Crippen molar-refractivity contribution in [2.24, 2.45) is 0 Å². The van der Waals surface area contributed by atoms with Gasteiger partial charge in [-0.3, -0.25) is 0 Å². The topological polar surface area (TPSA) is 115 Å². The summed E-state index contributed by atoms with van der Waals surface area (Å²) in [5.74, 6) is -3.37. The Labute approximate surface area is 119 Å². The summed E-state index contributed by atoms with van der Waals surface area (Å²) in [5.41, 5.74) is -5.30. The molecule has 0 fully saturated rings. The maximum atomic E-state index is 11.3. The summed E-state index contributed by atoms with van der Waals surface area (Å²) in [6.07, 6.45) is 3.09. The first kappa shape index (κ1) is 18.9. The smallest absolute Gasteiger partial charge is 0.339 e. The lowest BCUT2D eigenvalue weighted by Gasteiger charge is -2.37. The molecule has 0 aliphatic heterocycles. The average molecular weight is 290 g/mol. The Hall–Kier alpha value is -1.14. The van der Waals surface area contributed by atoms with Crippen molar-refractivity contribution in [1.82, 2.24) is 0 Å². The molecular formula is C14H26O6. The Balaban J connectivity index is 5.21. The number of carboxylic acid groups (broad SMARTS) is 2. The molecule has 6 heteroatoms. The molecule has 20 heavy (non-hydrogen) atoms. The van der Waals surface area contributed by atoms with Crippen molar-refractivity contribution in [1.29, 1.82) is 0 Å². The second-order valence-corrected chi connectivity index (χ2v) is 5.25. The van der Waals surface area contributed by atoms with Crippen LogP contribution in [0, 0.1) is 0 Å². The lowest BCUT2D eigenvalue weighted by atomic mass is 9.75. The summed E-state index contributed by atoms with van der Waals surface area (Å²) in [4.78, 5) is 22.7. The fraction of sp³-hybridized carbons (Fsp3) is 0.857. The van der Waals surface area contributed by atoms with Gasteiger partial charge in [-0.05, 0) is 25.7 Å². The van der Waals surface area contributed by atoms with Crippen LogP contribution in [0.4, 0.5) is 0 Å². The third kappa shape index (κ3) is 4.18. The Kier molecular flexibility index (Phi) is 7.75. The third-order valence-corrected chi connectivity index (χ3v) is 3.68. The Morgan fingerprint density at radius 3 is 1.25 bits per heavy atom. The van der Waals surface area contributed by atoms with Gasteiger partial charge in [0, 0.05) is 0 Å². The predicted octanol–water partition coefficient (Wildman–Crippen LogP) is 1.78. The number of carboxylic acids is 2. The van der Waals surface area contributed by atoms with E-state index >= 15 is 0 Å². The maximum absolute atomic E-state index is 11.3. The van der Waals surface area contributed by atoms with E-state index in [-0.39, 0.29) is 12.8 Å². The number of carbonyl (C=O) groups is 2. The highest BCUT2D eigenvalue weighted by atomic mass is 16.5. The highest BCUT2D eigenvalue weighted by molar-refractivity contribution is 5.90. The van der Waals surface area contributed by atoms with Crippen LogP contribution < -0.4 is 0 Å². The van der Waals surface area contributed by atoms with Gasteiger partial charge in [0.25, 0.3) is 0 Å². The molecule has 0 bridgehead atoms. The van der Waals surface area contributed by atoms with Gasteiger partial charge in [0.15, 0.2) is 0 Å². The van der Waals surface area contributed by atoms with E-state index in [1.54, 1.807) is 0 Å². The number of aliphatic carboxylic acids is 2. The van der Waals surface area contributed by atoms with E-state index in [9.17, 15) is 30.0 Å². The average Bonchev–Trinajstić information content (AvgIpc) is 2.38. The quantitative estimate of drug-likeness (QED) is 0.431. The van der Waals surface area contributed by atoms with Gasteiger partial charge in [-0.2, -0.15) is 0 Å². The maximum Gasteiger partial charge on any atom is 0.339 e. The fourth-order valence-electron chi connectivity index (χ4n) is 2.24. The van der Waals surface area contributed by atoms with Gasteiger partial charge >= 0.3 is 11.9 Å². The molecule has 0 saturated heterocycles. The van der Waals surface area contributed by atoms with Gasteiger partial charge < -0.3 is 20.4 Å². The molecule has 0 amide bonds. The van der Waals surface area contributed by atoms with Crippen LogP contribution in [-0.2, 0) is 9.59 Å². The molecule has 0 heterocycles. The molecule has 2 atom stereocenters. The van der Waals surface area contributed by atoms with Gasteiger partial charge in [-0.15, -0.1) is 0 Å². The highest BCUT2D eigenvalue weighted by Gasteiger charge is 2.59. The molecule has 0 rings (SSSR count). The largest absolute Gasteiger partial charge is 0.479 e. The van der Waals surface area contributed by atoms with Crippen molar-refractivity contribution in [2.75, 3.05) is 0 Å². The lowest BCUT2D eigenvalue weighted by Crippen LogP contribution is -2.63. The predicted molar refractivity (Wildman–Crippen MR) is 73.5 cm³/mol. The van der Waals surface area contributed by atoms with Crippen LogP contribution in [-0.4, -0.2) is 43.6 Å². The van der Waals surface area contributed by atoms with Crippen LogP contribution in [0.5, 0.6) is 0 Å². The lowest BCUT2D eigenvalue weighted by molar-refractivity contribution is -0.210. The van der Waals surface area contributed by atoms with Crippen LogP contribution in [0.2, 0.25) is 0 Å². The van der Waals surface area contributed by atoms with Gasteiger partial charge in [-0.1, -0.05) is 39.5 Å². The molecule has 118 valence electrons. The van der Waals surface area contributed by atoms with Crippen molar-refractivity contribution in [3.05, 3.63) is 0 Å². The van der Waals surface area contributed by atoms with Gasteiger partial charge in [-0.25, -0.2) is 9.59 Å². The summed E-state index contributed by atoms with van der Waals surface area (Å²) in [6.45, 7) is 3.81. The second kappa shape index (κ2) is 8.21. The minimum Gasteiger partial charge on any atom is -0.479 e. The van der Waals surface area contributed by atoms with Gasteiger partial charge in [0.05, 0.1) is 0 Å². The molecule has 6 nitrogen and oxygen atoms in total. The standard InChI is InChI=1S/C14H26O6/c1-3-5-7-9-13(19,11(15)16)14(20,12(17)18)10-8-6-4-2/h19-20H,3-10H2,1-2H3,(H,15,16)(H,17,18)/t13-,14-/m0/s1. The van der Waals surface area contributed by atoms with E-state index in [0.29, 0.717) is 25.7 Å². The number of rotatable bonds is 11. The molecule has 0 saturated carbocycles. The highest BCUT2D eigenvalue weighted by Crippen LogP contribution is 2.33. The number of unbranched alkanes of at least 4 members (excludes halogenated alkanes) is 4. The monoisotopic (exact) mass is 290 g/mol. The van der Waals surface area contributed by atoms with Gasteiger partial charge in [0.1, 0.15) is 0 Å². The summed E-state index contributed by atoms with van der Waals surface area (Å²) in [7, 11) is 0. The van der Waals surface area contributed by atoms with Crippen LogP contribution in [0.15, 0.2) is 0 Å². The fourth-order valence-corrected chi connectivity index (χ4v) is 2.24. The first-order valence-corrected chi connectivity index (χ1v) is 7.17. The molecule has 0 aromatic rings. The van der Waals surface area contributed by atoms with Crippen LogP contribution >= 0.6 is 0 Å². The molecule has 0 aliphatic carbocycles. The SMILES string of the molecule is CCCCC[C@](O)(C(=O)O)[C@](O)(CCCCC)C(=O)O. The van der Waals surface area contributed by atoms with Crippen molar-refractivity contribution < 1.29 is 30.0 Å². The van der Waals surface area contributed by atoms with Crippen molar-refractivity contribution in [3.8, 4) is 0 Å². The number of hydrogen-bond donors (Lipinski definition) is 4. The van der Waals surface area contributed by atoms with E-state index < -0.39 is 23.1 Å². The first-order chi connectivity index (χ1) is 9.26.